The van der Waals surface area contributed by atoms with Crippen molar-refractivity contribution >= 4 is 11.9 Å². The van der Waals surface area contributed by atoms with Crippen LogP contribution in [-0.4, -0.2) is 99.6 Å². The number of allylic oxidation sites excluding steroid dienone is 1. The van der Waals surface area contributed by atoms with Crippen LogP contribution < -0.4 is 5.32 Å². The minimum atomic E-state index is -1.61. The maximum atomic E-state index is 13.5. The number of hydrogen-bond donors (Lipinski definition) is 6. The molecule has 11 nitrogen and oxygen atoms in total. The molecule has 0 aliphatic carbocycles. The van der Waals surface area contributed by atoms with Crippen LogP contribution in [-0.2, 0) is 23.8 Å². The van der Waals surface area contributed by atoms with E-state index in [1.165, 1.54) is 257 Å². The molecule has 1 amide bonds. The predicted octanol–water partition coefficient (Wildman–Crippen LogP) is 17.9. The van der Waals surface area contributed by atoms with Crippen molar-refractivity contribution in [1.29, 1.82) is 0 Å². The average molecular weight is 1150 g/mol. The van der Waals surface area contributed by atoms with Gasteiger partial charge in [-0.1, -0.05) is 341 Å². The fourth-order valence-corrected chi connectivity index (χ4v) is 11.6. The molecule has 8 atom stereocenters. The van der Waals surface area contributed by atoms with Crippen LogP contribution in [0.2, 0.25) is 0 Å². The predicted molar refractivity (Wildman–Crippen MR) is 338 cm³/mol. The van der Waals surface area contributed by atoms with E-state index in [-0.39, 0.29) is 13.0 Å². The van der Waals surface area contributed by atoms with Gasteiger partial charge in [-0.3, -0.25) is 9.59 Å². The van der Waals surface area contributed by atoms with E-state index in [4.69, 9.17) is 14.2 Å². The average Bonchev–Trinajstić information content (AvgIpc) is 3.47. The van der Waals surface area contributed by atoms with Crippen LogP contribution in [0.3, 0.4) is 0 Å². The number of carbonyl (C=O) groups is 2. The Morgan fingerprint density at radius 1 is 0.469 bits per heavy atom. The van der Waals surface area contributed by atoms with Crippen molar-refractivity contribution in [3.05, 3.63) is 12.2 Å². The second kappa shape index (κ2) is 58.8. The molecule has 0 saturated carbocycles. The summed E-state index contributed by atoms with van der Waals surface area (Å²) in [6.45, 7) is 5.86. The lowest BCUT2D eigenvalue weighted by Gasteiger charge is -2.41. The van der Waals surface area contributed by atoms with Gasteiger partial charge in [0.2, 0.25) is 5.91 Å². The Bertz CT molecular complexity index is 1370. The largest absolute Gasteiger partial charge is 0.454 e. The van der Waals surface area contributed by atoms with Crippen molar-refractivity contribution < 1.29 is 49.3 Å². The molecule has 1 rings (SSSR count). The molecule has 1 aliphatic rings. The maximum absolute atomic E-state index is 13.5. The number of hydrogen-bond acceptors (Lipinski definition) is 10. The Balaban J connectivity index is 2.58. The monoisotopic (exact) mass is 1150 g/mol. The Kier molecular flexibility index (Phi) is 56.2. The van der Waals surface area contributed by atoms with Gasteiger partial charge in [0, 0.05) is 6.42 Å². The first-order valence-corrected chi connectivity index (χ1v) is 35.5. The molecule has 6 N–H and O–H groups in total. The first kappa shape index (κ1) is 77.4. The fraction of sp³-hybridized carbons (Fsp3) is 0.943. The summed E-state index contributed by atoms with van der Waals surface area (Å²) < 4.78 is 17.7. The van der Waals surface area contributed by atoms with Gasteiger partial charge in [0.15, 0.2) is 12.4 Å². The number of aliphatic hydroxyl groups excluding tert-OH is 5. The molecule has 480 valence electrons. The van der Waals surface area contributed by atoms with E-state index in [0.29, 0.717) is 19.3 Å². The third-order valence-electron chi connectivity index (χ3n) is 17.2. The number of aliphatic hydroxyl groups is 5. The van der Waals surface area contributed by atoms with Crippen molar-refractivity contribution in [2.75, 3.05) is 13.2 Å². The van der Waals surface area contributed by atoms with Gasteiger partial charge >= 0.3 is 5.97 Å². The normalized spacial score (nSPS) is 18.6. The molecule has 0 aromatic heterocycles. The molecule has 0 spiro atoms. The zero-order valence-corrected chi connectivity index (χ0v) is 53.4. The van der Waals surface area contributed by atoms with Gasteiger partial charge < -0.3 is 45.1 Å². The van der Waals surface area contributed by atoms with Gasteiger partial charge in [0.25, 0.3) is 0 Å². The van der Waals surface area contributed by atoms with Gasteiger partial charge in [-0.05, 0) is 25.7 Å². The van der Waals surface area contributed by atoms with Crippen molar-refractivity contribution in [2.45, 2.75) is 410 Å². The summed E-state index contributed by atoms with van der Waals surface area (Å²) in [5, 5.41) is 57.2. The molecule has 0 aromatic carbocycles. The van der Waals surface area contributed by atoms with E-state index < -0.39 is 67.4 Å². The fourth-order valence-electron chi connectivity index (χ4n) is 11.6. The molecule has 11 heteroatoms. The van der Waals surface area contributed by atoms with Crippen LogP contribution in [0, 0.1) is 0 Å². The van der Waals surface area contributed by atoms with E-state index in [0.717, 1.165) is 57.8 Å². The molecule has 8 unspecified atom stereocenters. The molecular weight excluding hydrogens is 1010 g/mol. The number of rotatable bonds is 62. The minimum Gasteiger partial charge on any atom is -0.454 e. The third kappa shape index (κ3) is 46.3. The summed E-state index contributed by atoms with van der Waals surface area (Å²) in [6, 6.07) is -1.02. The van der Waals surface area contributed by atoms with Crippen molar-refractivity contribution in [1.82, 2.24) is 5.32 Å². The van der Waals surface area contributed by atoms with Crippen LogP contribution in [0.5, 0.6) is 0 Å². The van der Waals surface area contributed by atoms with Crippen LogP contribution in [0.25, 0.3) is 0 Å². The number of nitrogens with one attached hydrogen (secondary N) is 1. The topological polar surface area (TPSA) is 175 Å². The summed E-state index contributed by atoms with van der Waals surface area (Å²) in [5.74, 6) is -1.17. The molecule has 0 aromatic rings. The lowest BCUT2D eigenvalue weighted by Crippen LogP contribution is -2.61. The van der Waals surface area contributed by atoms with Crippen LogP contribution in [0.1, 0.15) is 361 Å². The lowest BCUT2D eigenvalue weighted by atomic mass is 9.99. The SMILES string of the molecule is CCCCCCCCCCCCC/C=C/C(O)C(COC1OC(CO)C(O)C(O)C1OC(=O)CCCCCCCCCCCCCCCCCCC)NC(=O)C(O)CCCCCCCCCCCCCCCCCCCCCCCC. The van der Waals surface area contributed by atoms with Crippen molar-refractivity contribution in [3.63, 3.8) is 0 Å². The minimum absolute atomic E-state index is 0.132. The van der Waals surface area contributed by atoms with Crippen LogP contribution >= 0.6 is 0 Å². The molecule has 1 heterocycles. The number of unbranched alkanes of at least 4 members (excludes halogenated alkanes) is 48. The van der Waals surface area contributed by atoms with Crippen molar-refractivity contribution in [3.8, 4) is 0 Å². The quantitative estimate of drug-likeness (QED) is 0.0195. The van der Waals surface area contributed by atoms with Gasteiger partial charge in [-0.25, -0.2) is 0 Å². The molecule has 0 radical (unpaired) electrons. The van der Waals surface area contributed by atoms with E-state index in [1.54, 1.807) is 6.08 Å². The Morgan fingerprint density at radius 3 is 1.16 bits per heavy atom. The van der Waals surface area contributed by atoms with E-state index in [9.17, 15) is 35.1 Å². The zero-order chi connectivity index (χ0) is 58.9. The smallest absolute Gasteiger partial charge is 0.306 e. The van der Waals surface area contributed by atoms with Gasteiger partial charge in [-0.15, -0.1) is 0 Å². The van der Waals surface area contributed by atoms with Gasteiger partial charge in [0.05, 0.1) is 25.4 Å². The highest BCUT2D eigenvalue weighted by Crippen LogP contribution is 2.27. The summed E-state index contributed by atoms with van der Waals surface area (Å²) in [4.78, 5) is 26.7. The molecule has 1 aliphatic heterocycles. The first-order valence-electron chi connectivity index (χ1n) is 35.5. The highest BCUT2D eigenvalue weighted by molar-refractivity contribution is 5.80. The van der Waals surface area contributed by atoms with Crippen molar-refractivity contribution in [2.24, 2.45) is 0 Å². The van der Waals surface area contributed by atoms with E-state index >= 15 is 0 Å². The highest BCUT2D eigenvalue weighted by atomic mass is 16.7. The number of carbonyl (C=O) groups excluding carboxylic acids is 2. The summed E-state index contributed by atoms with van der Waals surface area (Å²) >= 11 is 0. The zero-order valence-electron chi connectivity index (χ0n) is 53.4. The Morgan fingerprint density at radius 2 is 0.802 bits per heavy atom. The van der Waals surface area contributed by atoms with Crippen LogP contribution in [0.4, 0.5) is 0 Å². The number of ether oxygens (including phenoxy) is 3. The second-order valence-electron chi connectivity index (χ2n) is 25.0. The summed E-state index contributed by atoms with van der Waals surface area (Å²) in [6.07, 6.45) is 58.2. The highest BCUT2D eigenvalue weighted by Gasteiger charge is 2.47. The lowest BCUT2D eigenvalue weighted by molar-refractivity contribution is -0.305. The molecule has 1 fully saturated rings. The number of esters is 1. The maximum Gasteiger partial charge on any atom is 0.306 e. The molecular formula is C70H135NO10. The Hall–Kier alpha value is -1.60. The third-order valence-corrected chi connectivity index (χ3v) is 17.2. The standard InChI is InChI=1S/C70H135NO10/c1-4-7-10-13-16-19-22-25-27-29-30-31-32-33-35-36-39-42-45-48-51-54-57-63(74)69(78)71-61(62(73)56-53-50-47-44-41-38-24-21-18-15-12-9-6-3)60-79-70-68(67(77)66(76)64(59-72)80-70)81-65(75)58-55-52-49-46-43-40-37-34-28-26-23-20-17-14-11-8-5-2/h53,56,61-64,66-68,70,72-74,76-77H,4-52,54-55,57-60H2,1-3H3,(H,71,78)/b56-53+. The van der Waals surface area contributed by atoms with Crippen LogP contribution in [0.15, 0.2) is 12.2 Å². The Labute approximate surface area is 499 Å². The van der Waals surface area contributed by atoms with Gasteiger partial charge in [0.1, 0.15) is 24.4 Å². The molecule has 81 heavy (non-hydrogen) atoms. The second-order valence-corrected chi connectivity index (χ2v) is 25.0. The summed E-state index contributed by atoms with van der Waals surface area (Å²) in [5.41, 5.74) is 0. The number of amides is 1. The molecule has 1 saturated heterocycles. The van der Waals surface area contributed by atoms with E-state index in [1.807, 2.05) is 6.08 Å². The summed E-state index contributed by atoms with van der Waals surface area (Å²) in [7, 11) is 0. The molecule has 0 bridgehead atoms. The first-order chi connectivity index (χ1) is 39.7. The van der Waals surface area contributed by atoms with Gasteiger partial charge in [-0.2, -0.15) is 0 Å². The van der Waals surface area contributed by atoms with E-state index in [2.05, 4.69) is 26.1 Å².